The van der Waals surface area contributed by atoms with Gasteiger partial charge in [0, 0.05) is 0 Å². The largest absolute Gasteiger partial charge is 0.390 e. The van der Waals surface area contributed by atoms with Gasteiger partial charge in [0.2, 0.25) is 0 Å². The van der Waals surface area contributed by atoms with Crippen LogP contribution >= 0.6 is 0 Å². The van der Waals surface area contributed by atoms with Crippen molar-refractivity contribution in [1.29, 1.82) is 0 Å². The SMILES string of the molecule is CC(C)(C)c1ccc(-c2cc(-c3ccc(C(C)(C)C)cc3)cc(C(CN)CC3CCC(CC(CN)c4cc(-c5ccc(C(C)(C)C)cc5)cc(-c5ccc(C(C)(C)C)cc5)c4)C(O)C3O)c2)cc1. The Hall–Kier alpha value is -4.84. The van der Waals surface area contributed by atoms with E-state index in [0.717, 1.165) is 35.1 Å². The summed E-state index contributed by atoms with van der Waals surface area (Å²) in [6.07, 6.45) is 1.31. The number of benzene rings is 6. The van der Waals surface area contributed by atoms with E-state index in [0.29, 0.717) is 25.9 Å². The molecule has 6 unspecified atom stereocenters. The smallest absolute Gasteiger partial charge is 0.0830 e. The highest BCUT2D eigenvalue weighted by atomic mass is 16.3. The molecule has 68 heavy (non-hydrogen) atoms. The second-order valence-corrected chi connectivity index (χ2v) is 24.4. The van der Waals surface area contributed by atoms with E-state index < -0.39 is 12.2 Å². The Bertz CT molecular complexity index is 2260. The van der Waals surface area contributed by atoms with Gasteiger partial charge in [-0.3, -0.25) is 0 Å². The molecule has 0 aromatic heterocycles. The van der Waals surface area contributed by atoms with Gasteiger partial charge in [0.1, 0.15) is 0 Å². The minimum atomic E-state index is -0.858. The van der Waals surface area contributed by atoms with Gasteiger partial charge >= 0.3 is 0 Å². The van der Waals surface area contributed by atoms with Gasteiger partial charge in [-0.05, 0) is 174 Å². The highest BCUT2D eigenvalue weighted by Gasteiger charge is 2.39. The van der Waals surface area contributed by atoms with Gasteiger partial charge in [0.05, 0.1) is 12.2 Å². The molecular formula is C64H82N2O2. The molecule has 0 bridgehead atoms. The fraction of sp³-hybridized carbons (Fsp3) is 0.438. The van der Waals surface area contributed by atoms with Crippen LogP contribution in [0.5, 0.6) is 0 Å². The highest BCUT2D eigenvalue weighted by molar-refractivity contribution is 5.76. The molecule has 1 aliphatic rings. The molecule has 6 atom stereocenters. The second kappa shape index (κ2) is 20.2. The van der Waals surface area contributed by atoms with Crippen LogP contribution in [0.4, 0.5) is 0 Å². The molecule has 1 aliphatic carbocycles. The number of hydrogen-bond donors (Lipinski definition) is 4. The molecule has 1 fully saturated rings. The van der Waals surface area contributed by atoms with E-state index in [2.05, 4.69) is 217 Å². The van der Waals surface area contributed by atoms with E-state index in [4.69, 9.17) is 11.5 Å². The number of rotatable bonds is 12. The zero-order valence-electron chi connectivity index (χ0n) is 43.5. The zero-order chi connectivity index (χ0) is 49.3. The van der Waals surface area contributed by atoms with Crippen LogP contribution in [0.1, 0.15) is 154 Å². The standard InChI is InChI=1S/C64H82N2O2/c1-61(2,3)55-23-15-41(16-24-55)47-33-48(42-17-25-56(26-18-42)62(4,5)6)36-51(35-47)53(39-65)31-45-13-14-46(60(68)59(45)67)32-54(40-66)52-37-49(43-19-27-57(28-20-43)63(7,8)9)34-50(38-52)44-21-29-58(30-22-44)64(10,11)12/h15-30,33-38,45-46,53-54,59-60,67-68H,13-14,31-32,39-40,65-66H2,1-12H3. The summed E-state index contributed by atoms with van der Waals surface area (Å²) in [5.74, 6) is -0.157. The number of aliphatic hydroxyl groups is 2. The summed E-state index contributed by atoms with van der Waals surface area (Å²) >= 11 is 0. The maximum absolute atomic E-state index is 12.0. The van der Waals surface area contributed by atoms with Gasteiger partial charge in [-0.2, -0.15) is 0 Å². The van der Waals surface area contributed by atoms with Crippen molar-refractivity contribution in [3.05, 3.63) is 167 Å². The molecule has 0 spiro atoms. The maximum atomic E-state index is 12.0. The van der Waals surface area contributed by atoms with Crippen molar-refractivity contribution in [2.45, 2.75) is 154 Å². The van der Waals surface area contributed by atoms with Crippen molar-refractivity contribution in [3.63, 3.8) is 0 Å². The Morgan fingerprint density at radius 2 is 0.588 bits per heavy atom. The Balaban J connectivity index is 1.14. The van der Waals surface area contributed by atoms with Crippen molar-refractivity contribution in [2.75, 3.05) is 13.1 Å². The summed E-state index contributed by atoms with van der Waals surface area (Å²) < 4.78 is 0. The lowest BCUT2D eigenvalue weighted by molar-refractivity contribution is -0.0826. The summed E-state index contributed by atoms with van der Waals surface area (Å²) in [6, 6.07) is 49.7. The minimum absolute atomic E-state index is 0.00711. The highest BCUT2D eigenvalue weighted by Crippen LogP contribution is 2.43. The Kier molecular flexibility index (Phi) is 15.2. The second-order valence-electron chi connectivity index (χ2n) is 24.4. The summed E-state index contributed by atoms with van der Waals surface area (Å²) in [6.45, 7) is 27.9. The predicted octanol–water partition coefficient (Wildman–Crippen LogP) is 14.9. The third-order valence-corrected chi connectivity index (χ3v) is 15.2. The summed E-state index contributed by atoms with van der Waals surface area (Å²) in [5, 5.41) is 24.1. The molecule has 4 nitrogen and oxygen atoms in total. The van der Waals surface area contributed by atoms with Crippen LogP contribution < -0.4 is 11.5 Å². The molecular weight excluding hydrogens is 829 g/mol. The van der Waals surface area contributed by atoms with Crippen LogP contribution in [-0.4, -0.2) is 35.5 Å². The Morgan fingerprint density at radius 3 is 0.779 bits per heavy atom. The van der Waals surface area contributed by atoms with Crippen LogP contribution in [0.15, 0.2) is 133 Å². The number of aliphatic hydroxyl groups excluding tert-OH is 2. The van der Waals surface area contributed by atoms with E-state index in [9.17, 15) is 10.2 Å². The van der Waals surface area contributed by atoms with Gasteiger partial charge < -0.3 is 21.7 Å². The van der Waals surface area contributed by atoms with Crippen LogP contribution in [0.2, 0.25) is 0 Å². The minimum Gasteiger partial charge on any atom is -0.390 e. The lowest BCUT2D eigenvalue weighted by Crippen LogP contribution is -2.44. The Morgan fingerprint density at radius 1 is 0.368 bits per heavy atom. The molecule has 6 aromatic carbocycles. The number of hydrogen-bond acceptors (Lipinski definition) is 4. The molecule has 0 aliphatic heterocycles. The lowest BCUT2D eigenvalue weighted by atomic mass is 9.70. The molecule has 7 rings (SSSR count). The van der Waals surface area contributed by atoms with E-state index in [1.165, 1.54) is 55.6 Å². The van der Waals surface area contributed by atoms with E-state index in [1.54, 1.807) is 0 Å². The molecule has 0 radical (unpaired) electrons. The first-order valence-corrected chi connectivity index (χ1v) is 25.4. The molecule has 6 N–H and O–H groups in total. The van der Waals surface area contributed by atoms with E-state index >= 15 is 0 Å². The average molecular weight is 911 g/mol. The molecule has 6 aromatic rings. The van der Waals surface area contributed by atoms with Crippen LogP contribution in [0.25, 0.3) is 44.5 Å². The first kappa shape index (κ1) is 51.0. The summed E-state index contributed by atoms with van der Waals surface area (Å²) in [5.41, 5.74) is 30.5. The van der Waals surface area contributed by atoms with E-state index in [1.807, 2.05) is 0 Å². The van der Waals surface area contributed by atoms with Crippen LogP contribution in [-0.2, 0) is 21.7 Å². The molecule has 0 heterocycles. The van der Waals surface area contributed by atoms with Gasteiger partial charge in [0.15, 0.2) is 0 Å². The fourth-order valence-corrected chi connectivity index (χ4v) is 10.4. The van der Waals surface area contributed by atoms with E-state index in [-0.39, 0.29) is 45.3 Å². The van der Waals surface area contributed by atoms with Crippen molar-refractivity contribution >= 4 is 0 Å². The molecule has 1 saturated carbocycles. The number of nitrogens with two attached hydrogens (primary N) is 2. The van der Waals surface area contributed by atoms with Crippen LogP contribution in [0.3, 0.4) is 0 Å². The predicted molar refractivity (Wildman–Crippen MR) is 290 cm³/mol. The van der Waals surface area contributed by atoms with Crippen LogP contribution in [0, 0.1) is 11.8 Å². The van der Waals surface area contributed by atoms with Gasteiger partial charge in [-0.25, -0.2) is 0 Å². The maximum Gasteiger partial charge on any atom is 0.0830 e. The molecule has 0 amide bonds. The van der Waals surface area contributed by atoms with Gasteiger partial charge in [0.25, 0.3) is 0 Å². The molecule has 0 saturated heterocycles. The zero-order valence-corrected chi connectivity index (χ0v) is 43.5. The average Bonchev–Trinajstić information content (AvgIpc) is 3.30. The summed E-state index contributed by atoms with van der Waals surface area (Å²) in [7, 11) is 0. The summed E-state index contributed by atoms with van der Waals surface area (Å²) in [4.78, 5) is 0. The normalized spacial score (nSPS) is 19.2. The van der Waals surface area contributed by atoms with Crippen molar-refractivity contribution in [2.24, 2.45) is 23.3 Å². The third-order valence-electron chi connectivity index (χ3n) is 15.2. The monoisotopic (exact) mass is 911 g/mol. The van der Waals surface area contributed by atoms with Gasteiger partial charge in [-0.1, -0.05) is 204 Å². The van der Waals surface area contributed by atoms with Crippen molar-refractivity contribution < 1.29 is 10.2 Å². The fourth-order valence-electron chi connectivity index (χ4n) is 10.4. The van der Waals surface area contributed by atoms with Crippen molar-refractivity contribution in [3.8, 4) is 44.5 Å². The first-order valence-electron chi connectivity index (χ1n) is 25.4. The first-order chi connectivity index (χ1) is 31.9. The Labute approximate surface area is 410 Å². The quantitative estimate of drug-likeness (QED) is 0.0984. The third kappa shape index (κ3) is 11.9. The molecule has 4 heteroatoms. The lowest BCUT2D eigenvalue weighted by Gasteiger charge is -2.40. The van der Waals surface area contributed by atoms with Gasteiger partial charge in [-0.15, -0.1) is 0 Å². The topological polar surface area (TPSA) is 92.5 Å². The molecule has 360 valence electrons. The van der Waals surface area contributed by atoms with Crippen molar-refractivity contribution in [1.82, 2.24) is 0 Å².